The zero-order valence-corrected chi connectivity index (χ0v) is 15.9. The van der Waals surface area contributed by atoms with Crippen LogP contribution in [0.15, 0.2) is 42.6 Å². The highest BCUT2D eigenvalue weighted by Crippen LogP contribution is 2.21. The van der Waals surface area contributed by atoms with Crippen molar-refractivity contribution in [2.75, 3.05) is 18.4 Å². The van der Waals surface area contributed by atoms with Crippen molar-refractivity contribution in [3.63, 3.8) is 0 Å². The Morgan fingerprint density at radius 1 is 1.10 bits per heavy atom. The number of aromatic nitrogens is 2. The SMILES string of the molecule is CC1CCN(C(=O)c2nc(C(=O)Nc3ccc(F)c(F)c3)c3ccccn23)CC1. The van der Waals surface area contributed by atoms with Crippen LogP contribution in [0.4, 0.5) is 14.5 Å². The smallest absolute Gasteiger partial charge is 0.290 e. The van der Waals surface area contributed by atoms with Crippen molar-refractivity contribution in [2.45, 2.75) is 19.8 Å². The summed E-state index contributed by atoms with van der Waals surface area (Å²) < 4.78 is 28.1. The van der Waals surface area contributed by atoms with Crippen LogP contribution in [-0.2, 0) is 0 Å². The Morgan fingerprint density at radius 2 is 1.86 bits per heavy atom. The second-order valence-corrected chi connectivity index (χ2v) is 7.30. The number of anilines is 1. The molecule has 6 nitrogen and oxygen atoms in total. The Hall–Kier alpha value is -3.29. The topological polar surface area (TPSA) is 66.7 Å². The molecule has 0 saturated carbocycles. The molecule has 1 aliphatic heterocycles. The van der Waals surface area contributed by atoms with E-state index in [2.05, 4.69) is 17.2 Å². The fourth-order valence-electron chi connectivity index (χ4n) is 3.47. The van der Waals surface area contributed by atoms with Gasteiger partial charge >= 0.3 is 0 Å². The summed E-state index contributed by atoms with van der Waals surface area (Å²) in [7, 11) is 0. The Morgan fingerprint density at radius 3 is 2.59 bits per heavy atom. The van der Waals surface area contributed by atoms with Crippen molar-refractivity contribution in [3.8, 4) is 0 Å². The molecule has 3 heterocycles. The first-order chi connectivity index (χ1) is 13.9. The summed E-state index contributed by atoms with van der Waals surface area (Å²) in [6.07, 6.45) is 3.54. The van der Waals surface area contributed by atoms with Crippen LogP contribution in [0, 0.1) is 17.6 Å². The van der Waals surface area contributed by atoms with Gasteiger partial charge in [0.1, 0.15) is 0 Å². The average Bonchev–Trinajstić information content (AvgIpc) is 3.11. The summed E-state index contributed by atoms with van der Waals surface area (Å²) in [6.45, 7) is 3.46. The molecule has 4 rings (SSSR count). The molecule has 1 saturated heterocycles. The zero-order valence-electron chi connectivity index (χ0n) is 15.9. The van der Waals surface area contributed by atoms with Gasteiger partial charge in [-0.05, 0) is 43.0 Å². The highest BCUT2D eigenvalue weighted by molar-refractivity contribution is 6.08. The molecule has 1 aromatic carbocycles. The molecule has 0 spiro atoms. The molecule has 1 aliphatic rings. The quantitative estimate of drug-likeness (QED) is 0.731. The number of amides is 2. The van der Waals surface area contributed by atoms with Gasteiger partial charge in [-0.3, -0.25) is 14.0 Å². The minimum absolute atomic E-state index is 0.0454. The van der Waals surface area contributed by atoms with Crippen molar-refractivity contribution in [1.29, 1.82) is 0 Å². The van der Waals surface area contributed by atoms with E-state index in [4.69, 9.17) is 0 Å². The molecule has 0 aliphatic carbocycles. The minimum atomic E-state index is -1.06. The van der Waals surface area contributed by atoms with Gasteiger partial charge in [-0.1, -0.05) is 13.0 Å². The van der Waals surface area contributed by atoms with Crippen molar-refractivity contribution in [1.82, 2.24) is 14.3 Å². The van der Waals surface area contributed by atoms with Crippen LogP contribution < -0.4 is 5.32 Å². The normalized spacial score (nSPS) is 14.9. The molecule has 1 N–H and O–H groups in total. The molecule has 0 unspecified atom stereocenters. The summed E-state index contributed by atoms with van der Waals surface area (Å²) in [4.78, 5) is 31.8. The fourth-order valence-corrected chi connectivity index (χ4v) is 3.47. The van der Waals surface area contributed by atoms with Gasteiger partial charge in [-0.2, -0.15) is 0 Å². The lowest BCUT2D eigenvalue weighted by molar-refractivity contribution is 0.0684. The largest absolute Gasteiger partial charge is 0.336 e. The van der Waals surface area contributed by atoms with Crippen LogP contribution in [0.25, 0.3) is 5.52 Å². The third kappa shape index (κ3) is 3.70. The number of halogens is 2. The predicted octanol–water partition coefficient (Wildman–Crippen LogP) is 3.74. The van der Waals surface area contributed by atoms with Gasteiger partial charge in [0, 0.05) is 31.0 Å². The molecule has 0 radical (unpaired) electrons. The lowest BCUT2D eigenvalue weighted by Gasteiger charge is -2.29. The maximum atomic E-state index is 13.4. The molecule has 0 atom stereocenters. The van der Waals surface area contributed by atoms with E-state index in [-0.39, 0.29) is 23.1 Å². The molecule has 2 amide bonds. The monoisotopic (exact) mass is 398 g/mol. The molecule has 3 aromatic rings. The fraction of sp³-hybridized carbons (Fsp3) is 0.286. The molecule has 1 fully saturated rings. The summed E-state index contributed by atoms with van der Waals surface area (Å²) in [6, 6.07) is 8.26. The Bertz CT molecular complexity index is 1090. The van der Waals surface area contributed by atoms with Crippen LogP contribution in [-0.4, -0.2) is 39.2 Å². The molecule has 0 bridgehead atoms. The van der Waals surface area contributed by atoms with Crippen LogP contribution in [0.3, 0.4) is 0 Å². The first-order valence-corrected chi connectivity index (χ1v) is 9.47. The number of hydrogen-bond donors (Lipinski definition) is 1. The lowest BCUT2D eigenvalue weighted by Crippen LogP contribution is -2.38. The van der Waals surface area contributed by atoms with Gasteiger partial charge in [0.15, 0.2) is 17.3 Å². The van der Waals surface area contributed by atoms with Gasteiger partial charge in [0.05, 0.1) is 5.52 Å². The second-order valence-electron chi connectivity index (χ2n) is 7.30. The van der Waals surface area contributed by atoms with Crippen molar-refractivity contribution in [2.24, 2.45) is 5.92 Å². The average molecular weight is 398 g/mol. The van der Waals surface area contributed by atoms with E-state index in [0.717, 1.165) is 25.0 Å². The van der Waals surface area contributed by atoms with Crippen molar-refractivity contribution in [3.05, 3.63) is 65.7 Å². The number of fused-ring (bicyclic) bond motifs is 1. The molecular formula is C21H20F2N4O2. The van der Waals surface area contributed by atoms with Gasteiger partial charge < -0.3 is 10.2 Å². The van der Waals surface area contributed by atoms with E-state index in [0.29, 0.717) is 24.5 Å². The summed E-state index contributed by atoms with van der Waals surface area (Å²) in [5, 5.41) is 2.51. The van der Waals surface area contributed by atoms with Crippen molar-refractivity contribution >= 4 is 23.0 Å². The van der Waals surface area contributed by atoms with Crippen molar-refractivity contribution < 1.29 is 18.4 Å². The number of pyridine rings is 1. The number of imidazole rings is 1. The van der Waals surface area contributed by atoms with E-state index in [1.807, 2.05) is 0 Å². The van der Waals surface area contributed by atoms with E-state index >= 15 is 0 Å². The second kappa shape index (κ2) is 7.62. The number of carbonyl (C=O) groups is 2. The van der Waals surface area contributed by atoms with Gasteiger partial charge in [-0.25, -0.2) is 13.8 Å². The van der Waals surface area contributed by atoms with E-state index in [1.165, 1.54) is 6.07 Å². The molecule has 8 heteroatoms. The Labute approximate surface area is 166 Å². The Balaban J connectivity index is 1.65. The third-order valence-corrected chi connectivity index (χ3v) is 5.20. The van der Waals surface area contributed by atoms with Crippen LogP contribution >= 0.6 is 0 Å². The van der Waals surface area contributed by atoms with E-state index in [1.54, 1.807) is 33.7 Å². The lowest BCUT2D eigenvalue weighted by atomic mass is 9.99. The number of carbonyl (C=O) groups excluding carboxylic acids is 2. The number of nitrogens with one attached hydrogen (secondary N) is 1. The number of nitrogens with zero attached hydrogens (tertiary/aromatic N) is 3. The number of likely N-dealkylation sites (tertiary alicyclic amines) is 1. The number of piperidine rings is 1. The van der Waals surface area contributed by atoms with Crippen LogP contribution in [0.1, 0.15) is 40.9 Å². The zero-order chi connectivity index (χ0) is 20.5. The highest BCUT2D eigenvalue weighted by Gasteiger charge is 2.27. The molecule has 29 heavy (non-hydrogen) atoms. The number of benzene rings is 1. The molecule has 150 valence electrons. The number of hydrogen-bond acceptors (Lipinski definition) is 3. The maximum absolute atomic E-state index is 13.4. The first kappa shape index (κ1) is 19.0. The summed E-state index contributed by atoms with van der Waals surface area (Å²) in [5.74, 6) is -2.16. The maximum Gasteiger partial charge on any atom is 0.290 e. The summed E-state index contributed by atoms with van der Waals surface area (Å²) >= 11 is 0. The van der Waals surface area contributed by atoms with Crippen LogP contribution in [0.2, 0.25) is 0 Å². The Kier molecular flexibility index (Phi) is 5.00. The third-order valence-electron chi connectivity index (χ3n) is 5.20. The van der Waals surface area contributed by atoms with Gasteiger partial charge in [0.25, 0.3) is 11.8 Å². The van der Waals surface area contributed by atoms with Crippen LogP contribution in [0.5, 0.6) is 0 Å². The van der Waals surface area contributed by atoms with E-state index < -0.39 is 17.5 Å². The minimum Gasteiger partial charge on any atom is -0.336 e. The highest BCUT2D eigenvalue weighted by atomic mass is 19.2. The number of rotatable bonds is 3. The first-order valence-electron chi connectivity index (χ1n) is 9.47. The molecular weight excluding hydrogens is 378 g/mol. The standard InChI is InChI=1S/C21H20F2N4O2/c1-13-7-10-26(11-8-13)21(29)19-25-18(17-4-2-3-9-27(17)19)20(28)24-14-5-6-15(22)16(23)12-14/h2-6,9,12-13H,7-8,10-11H2,1H3,(H,24,28). The molecule has 2 aromatic heterocycles. The van der Waals surface area contributed by atoms with Gasteiger partial charge in [-0.15, -0.1) is 0 Å². The predicted molar refractivity (Wildman–Crippen MR) is 104 cm³/mol. The van der Waals surface area contributed by atoms with E-state index in [9.17, 15) is 18.4 Å². The van der Waals surface area contributed by atoms with Gasteiger partial charge in [0.2, 0.25) is 5.82 Å². The summed E-state index contributed by atoms with van der Waals surface area (Å²) in [5.41, 5.74) is 0.606.